The number of hydrogen-bond donors (Lipinski definition) is 0. The standard InChI is InChI=1S/C21H19ClFN5O3/c22-19-13-16(23)2-1-15(19)14-25-9-11-26(12-10-25)21(29)20-7-8-27(24-20)17-3-5-18(6-4-17)28(30)31/h1-8,13H,9-12,14H2. The molecule has 1 fully saturated rings. The minimum atomic E-state index is -0.467. The third-order valence-corrected chi connectivity index (χ3v) is 5.55. The second kappa shape index (κ2) is 8.83. The fourth-order valence-electron chi connectivity index (χ4n) is 3.47. The van der Waals surface area contributed by atoms with Crippen LogP contribution in [0.15, 0.2) is 54.7 Å². The predicted molar refractivity (Wildman–Crippen MR) is 113 cm³/mol. The van der Waals surface area contributed by atoms with E-state index in [0.717, 1.165) is 5.56 Å². The summed E-state index contributed by atoms with van der Waals surface area (Å²) >= 11 is 6.11. The number of piperazine rings is 1. The third kappa shape index (κ3) is 4.73. The van der Waals surface area contributed by atoms with Gasteiger partial charge in [-0.2, -0.15) is 5.10 Å². The first-order valence-corrected chi connectivity index (χ1v) is 10.0. The molecule has 1 amide bonds. The van der Waals surface area contributed by atoms with E-state index in [0.29, 0.717) is 49.1 Å². The van der Waals surface area contributed by atoms with Crippen molar-refractivity contribution in [2.75, 3.05) is 26.2 Å². The van der Waals surface area contributed by atoms with Gasteiger partial charge in [-0.05, 0) is 35.9 Å². The quantitative estimate of drug-likeness (QED) is 0.445. The number of nitrogens with zero attached hydrogens (tertiary/aromatic N) is 5. The van der Waals surface area contributed by atoms with Gasteiger partial charge in [0, 0.05) is 56.1 Å². The summed E-state index contributed by atoms with van der Waals surface area (Å²) in [5.41, 5.74) is 1.79. The number of non-ortho nitro benzene ring substituents is 1. The van der Waals surface area contributed by atoms with Crippen LogP contribution in [0, 0.1) is 15.9 Å². The molecule has 0 aliphatic carbocycles. The second-order valence-corrected chi connectivity index (χ2v) is 7.63. The molecule has 160 valence electrons. The number of halogens is 2. The molecule has 1 aromatic heterocycles. The first-order valence-electron chi connectivity index (χ1n) is 9.67. The topological polar surface area (TPSA) is 84.5 Å². The maximum absolute atomic E-state index is 13.2. The van der Waals surface area contributed by atoms with Crippen LogP contribution in [0.1, 0.15) is 16.1 Å². The van der Waals surface area contributed by atoms with Gasteiger partial charge in [0.15, 0.2) is 5.69 Å². The van der Waals surface area contributed by atoms with Crippen LogP contribution in [0.4, 0.5) is 10.1 Å². The Labute approximate surface area is 182 Å². The third-order valence-electron chi connectivity index (χ3n) is 5.20. The van der Waals surface area contributed by atoms with Gasteiger partial charge >= 0.3 is 0 Å². The van der Waals surface area contributed by atoms with E-state index < -0.39 is 4.92 Å². The van der Waals surface area contributed by atoms with Gasteiger partial charge in [-0.15, -0.1) is 0 Å². The normalized spacial score (nSPS) is 14.6. The summed E-state index contributed by atoms with van der Waals surface area (Å²) in [5, 5.41) is 15.5. The van der Waals surface area contributed by atoms with Crippen molar-refractivity contribution in [3.05, 3.63) is 86.9 Å². The molecular formula is C21H19ClFN5O3. The minimum absolute atomic E-state index is 0.00741. The number of carbonyl (C=O) groups is 1. The number of aromatic nitrogens is 2. The van der Waals surface area contributed by atoms with Crippen LogP contribution in [0.2, 0.25) is 5.02 Å². The van der Waals surface area contributed by atoms with Crippen LogP contribution >= 0.6 is 11.6 Å². The lowest BCUT2D eigenvalue weighted by Gasteiger charge is -2.34. The number of benzene rings is 2. The van der Waals surface area contributed by atoms with Crippen LogP contribution in [-0.2, 0) is 6.54 Å². The largest absolute Gasteiger partial charge is 0.335 e. The summed E-state index contributed by atoms with van der Waals surface area (Å²) in [6.45, 7) is 3.02. The van der Waals surface area contributed by atoms with Crippen LogP contribution in [0.25, 0.3) is 5.69 Å². The van der Waals surface area contributed by atoms with Crippen LogP contribution in [0.3, 0.4) is 0 Å². The summed E-state index contributed by atoms with van der Waals surface area (Å²) in [5.74, 6) is -0.530. The van der Waals surface area contributed by atoms with Gasteiger partial charge in [-0.25, -0.2) is 9.07 Å². The number of rotatable bonds is 5. The molecule has 0 radical (unpaired) electrons. The highest BCUT2D eigenvalue weighted by Crippen LogP contribution is 2.20. The van der Waals surface area contributed by atoms with Crippen molar-refractivity contribution in [1.29, 1.82) is 0 Å². The SMILES string of the molecule is O=C(c1ccn(-c2ccc([N+](=O)[O-])cc2)n1)N1CCN(Cc2ccc(F)cc2Cl)CC1. The average Bonchev–Trinajstić information content (AvgIpc) is 3.26. The van der Waals surface area contributed by atoms with E-state index in [4.69, 9.17) is 11.6 Å². The summed E-state index contributed by atoms with van der Waals surface area (Å²) < 4.78 is 14.7. The molecule has 8 nitrogen and oxygen atoms in total. The van der Waals surface area contributed by atoms with Crippen molar-refractivity contribution in [3.8, 4) is 5.69 Å². The van der Waals surface area contributed by atoms with Crippen LogP contribution < -0.4 is 0 Å². The second-order valence-electron chi connectivity index (χ2n) is 7.22. The lowest BCUT2D eigenvalue weighted by atomic mass is 10.2. The fourth-order valence-corrected chi connectivity index (χ4v) is 3.70. The highest BCUT2D eigenvalue weighted by molar-refractivity contribution is 6.31. The molecule has 1 aliphatic heterocycles. The van der Waals surface area contributed by atoms with E-state index in [1.165, 1.54) is 28.9 Å². The van der Waals surface area contributed by atoms with E-state index in [-0.39, 0.29) is 17.4 Å². The Bertz CT molecular complexity index is 1110. The summed E-state index contributed by atoms with van der Waals surface area (Å²) in [6, 6.07) is 12.0. The van der Waals surface area contributed by atoms with E-state index >= 15 is 0 Å². The molecule has 0 saturated carbocycles. The molecule has 0 N–H and O–H groups in total. The van der Waals surface area contributed by atoms with Gasteiger partial charge in [0.2, 0.25) is 0 Å². The Morgan fingerprint density at radius 1 is 1.10 bits per heavy atom. The lowest BCUT2D eigenvalue weighted by Crippen LogP contribution is -2.48. The Morgan fingerprint density at radius 2 is 1.81 bits per heavy atom. The van der Waals surface area contributed by atoms with Crippen LogP contribution in [0.5, 0.6) is 0 Å². The zero-order valence-corrected chi connectivity index (χ0v) is 17.2. The Kier molecular flexibility index (Phi) is 5.97. The fraction of sp³-hybridized carbons (Fsp3) is 0.238. The van der Waals surface area contributed by atoms with Gasteiger partial charge in [0.05, 0.1) is 10.6 Å². The van der Waals surface area contributed by atoms with Gasteiger partial charge < -0.3 is 4.90 Å². The molecule has 0 unspecified atom stereocenters. The Hall–Kier alpha value is -3.30. The molecule has 0 atom stereocenters. The van der Waals surface area contributed by atoms with Gasteiger partial charge in [0.1, 0.15) is 5.82 Å². The first-order chi connectivity index (χ1) is 14.9. The molecule has 3 aromatic rings. The van der Waals surface area contributed by atoms with Crippen molar-refractivity contribution < 1.29 is 14.1 Å². The van der Waals surface area contributed by atoms with Crippen molar-refractivity contribution in [2.45, 2.75) is 6.54 Å². The molecule has 10 heteroatoms. The molecular weight excluding hydrogens is 425 g/mol. The van der Waals surface area contributed by atoms with Crippen molar-refractivity contribution in [1.82, 2.24) is 19.6 Å². The highest BCUT2D eigenvalue weighted by atomic mass is 35.5. The first kappa shape index (κ1) is 21.0. The molecule has 0 spiro atoms. The highest BCUT2D eigenvalue weighted by Gasteiger charge is 2.24. The Balaban J connectivity index is 1.36. The maximum atomic E-state index is 13.2. The number of carbonyl (C=O) groups excluding carboxylic acids is 1. The van der Waals surface area contributed by atoms with Crippen molar-refractivity contribution >= 4 is 23.2 Å². The number of hydrogen-bond acceptors (Lipinski definition) is 5. The molecule has 31 heavy (non-hydrogen) atoms. The summed E-state index contributed by atoms with van der Waals surface area (Å²) in [6.07, 6.45) is 1.65. The summed E-state index contributed by atoms with van der Waals surface area (Å²) in [7, 11) is 0. The zero-order chi connectivity index (χ0) is 22.0. The Morgan fingerprint density at radius 3 is 2.45 bits per heavy atom. The predicted octanol–water partition coefficient (Wildman–Crippen LogP) is 3.53. The van der Waals surface area contributed by atoms with E-state index in [2.05, 4.69) is 10.00 Å². The summed E-state index contributed by atoms with van der Waals surface area (Å²) in [4.78, 5) is 27.0. The lowest BCUT2D eigenvalue weighted by molar-refractivity contribution is -0.384. The average molecular weight is 444 g/mol. The molecule has 2 aromatic carbocycles. The van der Waals surface area contributed by atoms with E-state index in [1.54, 1.807) is 35.4 Å². The van der Waals surface area contributed by atoms with Crippen LogP contribution in [-0.4, -0.2) is 56.6 Å². The smallest absolute Gasteiger partial charge is 0.274 e. The number of nitro groups is 1. The van der Waals surface area contributed by atoms with E-state index in [9.17, 15) is 19.3 Å². The minimum Gasteiger partial charge on any atom is -0.335 e. The molecule has 1 aliphatic rings. The monoisotopic (exact) mass is 443 g/mol. The number of amides is 1. The van der Waals surface area contributed by atoms with Crippen molar-refractivity contribution in [3.63, 3.8) is 0 Å². The molecule has 2 heterocycles. The zero-order valence-electron chi connectivity index (χ0n) is 16.4. The maximum Gasteiger partial charge on any atom is 0.274 e. The van der Waals surface area contributed by atoms with Gasteiger partial charge in [0.25, 0.3) is 11.6 Å². The van der Waals surface area contributed by atoms with Gasteiger partial charge in [-0.3, -0.25) is 19.8 Å². The molecule has 0 bridgehead atoms. The molecule has 4 rings (SSSR count). The van der Waals surface area contributed by atoms with Crippen molar-refractivity contribution in [2.24, 2.45) is 0 Å². The van der Waals surface area contributed by atoms with Gasteiger partial charge in [-0.1, -0.05) is 17.7 Å². The molecule has 1 saturated heterocycles. The van der Waals surface area contributed by atoms with E-state index in [1.807, 2.05) is 0 Å². The number of nitro benzene ring substituents is 1.